The van der Waals surface area contributed by atoms with Gasteiger partial charge in [0.1, 0.15) is 0 Å². The molecule has 2 rings (SSSR count). The largest absolute Gasteiger partial charge is 0.377 e. The third-order valence-electron chi connectivity index (χ3n) is 3.45. The second-order valence-corrected chi connectivity index (χ2v) is 5.38. The number of rotatable bonds is 7. The van der Waals surface area contributed by atoms with Crippen LogP contribution < -0.4 is 16.0 Å². The molecule has 0 aromatic heterocycles. The number of urea groups is 1. The summed E-state index contributed by atoms with van der Waals surface area (Å²) < 4.78 is 5.38. The van der Waals surface area contributed by atoms with Crippen molar-refractivity contribution >= 4 is 23.3 Å². The van der Waals surface area contributed by atoms with E-state index in [4.69, 9.17) is 11.2 Å². The molecule has 0 aliphatic rings. The maximum absolute atomic E-state index is 12.0. The predicted octanol–water partition coefficient (Wildman–Crippen LogP) is 2.96. The molecule has 3 N–H and O–H groups in total. The van der Waals surface area contributed by atoms with Gasteiger partial charge >= 0.3 is 6.03 Å². The lowest BCUT2D eigenvalue weighted by atomic mass is 10.2. The third kappa shape index (κ3) is 5.96. The van der Waals surface area contributed by atoms with E-state index in [0.29, 0.717) is 30.2 Å². The number of nitrogens with one attached hydrogen (secondary N) is 3. The molecule has 0 saturated carbocycles. The van der Waals surface area contributed by atoms with Gasteiger partial charge in [-0.1, -0.05) is 30.2 Å². The monoisotopic (exact) mass is 351 g/mol. The molecule has 0 saturated heterocycles. The van der Waals surface area contributed by atoms with E-state index in [1.165, 1.54) is 0 Å². The van der Waals surface area contributed by atoms with Crippen LogP contribution in [0.5, 0.6) is 0 Å². The second-order valence-electron chi connectivity index (χ2n) is 5.38. The summed E-state index contributed by atoms with van der Waals surface area (Å²) in [4.78, 5) is 24.0. The van der Waals surface area contributed by atoms with Crippen molar-refractivity contribution in [3.63, 3.8) is 0 Å². The van der Waals surface area contributed by atoms with E-state index in [9.17, 15) is 9.59 Å². The fraction of sp³-hybridized carbons (Fsp3) is 0.200. The maximum Gasteiger partial charge on any atom is 0.319 e. The maximum atomic E-state index is 12.0. The van der Waals surface area contributed by atoms with E-state index in [2.05, 4.69) is 21.9 Å². The highest BCUT2D eigenvalue weighted by Crippen LogP contribution is 2.15. The summed E-state index contributed by atoms with van der Waals surface area (Å²) in [7, 11) is 0. The van der Waals surface area contributed by atoms with Crippen molar-refractivity contribution in [1.82, 2.24) is 5.32 Å². The molecule has 0 fully saturated rings. The molecular weight excluding hydrogens is 330 g/mol. The van der Waals surface area contributed by atoms with Gasteiger partial charge < -0.3 is 20.7 Å². The van der Waals surface area contributed by atoms with E-state index in [-0.39, 0.29) is 12.5 Å². The van der Waals surface area contributed by atoms with Crippen molar-refractivity contribution in [2.24, 2.45) is 0 Å². The molecule has 0 aliphatic heterocycles. The Hall–Kier alpha value is -3.30. The highest BCUT2D eigenvalue weighted by Gasteiger charge is 2.09. The lowest BCUT2D eigenvalue weighted by Gasteiger charge is -2.12. The second kappa shape index (κ2) is 9.87. The smallest absolute Gasteiger partial charge is 0.319 e. The van der Waals surface area contributed by atoms with Crippen molar-refractivity contribution in [2.75, 3.05) is 23.8 Å². The van der Waals surface area contributed by atoms with Crippen molar-refractivity contribution in [2.45, 2.75) is 13.5 Å². The van der Waals surface area contributed by atoms with Crippen LogP contribution in [0, 0.1) is 12.3 Å². The van der Waals surface area contributed by atoms with Gasteiger partial charge in [-0.3, -0.25) is 4.79 Å². The molecule has 0 atom stereocenters. The normalized spacial score (nSPS) is 9.85. The molecule has 0 aliphatic carbocycles. The number of para-hydroxylation sites is 1. The molecule has 6 nitrogen and oxygen atoms in total. The van der Waals surface area contributed by atoms with Crippen molar-refractivity contribution in [3.05, 3.63) is 59.7 Å². The van der Waals surface area contributed by atoms with Gasteiger partial charge in [0.25, 0.3) is 0 Å². The number of benzene rings is 2. The van der Waals surface area contributed by atoms with Crippen LogP contribution >= 0.6 is 0 Å². The van der Waals surface area contributed by atoms with E-state index >= 15 is 0 Å². The zero-order valence-electron chi connectivity index (χ0n) is 14.5. The number of carbonyl (C=O) groups excluding carboxylic acids is 2. The number of amides is 3. The van der Waals surface area contributed by atoms with Crippen molar-refractivity contribution in [3.8, 4) is 12.3 Å². The summed E-state index contributed by atoms with van der Waals surface area (Å²) in [5.41, 5.74) is 2.75. The molecule has 134 valence electrons. The van der Waals surface area contributed by atoms with Gasteiger partial charge in [-0.05, 0) is 31.2 Å². The quantitative estimate of drug-likeness (QED) is 0.671. The average molecular weight is 351 g/mol. The third-order valence-corrected chi connectivity index (χ3v) is 3.45. The molecule has 6 heteroatoms. The Morgan fingerprint density at radius 1 is 1.12 bits per heavy atom. The van der Waals surface area contributed by atoms with Crippen molar-refractivity contribution < 1.29 is 14.3 Å². The van der Waals surface area contributed by atoms with Crippen LogP contribution in [0.1, 0.15) is 18.1 Å². The number of terminal acetylenes is 1. The van der Waals surface area contributed by atoms with Gasteiger partial charge in [-0.15, -0.1) is 6.42 Å². The Kier molecular flexibility index (Phi) is 7.22. The van der Waals surface area contributed by atoms with Gasteiger partial charge in [0.05, 0.1) is 13.2 Å². The molecule has 2 aromatic rings. The molecule has 3 amide bonds. The topological polar surface area (TPSA) is 79.5 Å². The number of carbonyl (C=O) groups is 2. The first kappa shape index (κ1) is 19.0. The lowest BCUT2D eigenvalue weighted by Crippen LogP contribution is -2.36. The zero-order chi connectivity index (χ0) is 18.8. The van der Waals surface area contributed by atoms with Crippen LogP contribution in [-0.4, -0.2) is 25.1 Å². The van der Waals surface area contributed by atoms with Gasteiger partial charge in [-0.2, -0.15) is 0 Å². The minimum absolute atomic E-state index is 0.167. The molecule has 0 spiro atoms. The highest BCUT2D eigenvalue weighted by atomic mass is 16.5. The Labute approximate surface area is 152 Å². The molecule has 26 heavy (non-hydrogen) atoms. The molecule has 0 radical (unpaired) electrons. The van der Waals surface area contributed by atoms with Crippen LogP contribution in [0.25, 0.3) is 0 Å². The van der Waals surface area contributed by atoms with Gasteiger partial charge in [-0.25, -0.2) is 4.79 Å². The SMILES string of the molecule is C#Cc1cccc(NC(=O)CNC(=O)Nc2ccccc2COCC)c1. The van der Waals surface area contributed by atoms with E-state index in [0.717, 1.165) is 5.56 Å². The summed E-state index contributed by atoms with van der Waals surface area (Å²) in [5.74, 6) is 2.15. The Bertz CT molecular complexity index is 812. The first-order valence-electron chi connectivity index (χ1n) is 8.19. The zero-order valence-corrected chi connectivity index (χ0v) is 14.5. The van der Waals surface area contributed by atoms with Crippen LogP contribution in [0.4, 0.5) is 16.2 Å². The molecule has 0 heterocycles. The van der Waals surface area contributed by atoms with Crippen LogP contribution in [0.3, 0.4) is 0 Å². The number of hydrogen-bond acceptors (Lipinski definition) is 3. The van der Waals surface area contributed by atoms with E-state index in [1.54, 1.807) is 30.3 Å². The fourth-order valence-corrected chi connectivity index (χ4v) is 2.20. The first-order chi connectivity index (χ1) is 12.6. The highest BCUT2D eigenvalue weighted by molar-refractivity contribution is 5.97. The Morgan fingerprint density at radius 3 is 2.69 bits per heavy atom. The van der Waals surface area contributed by atoms with Crippen LogP contribution in [0.2, 0.25) is 0 Å². The van der Waals surface area contributed by atoms with Crippen molar-refractivity contribution in [1.29, 1.82) is 0 Å². The summed E-state index contributed by atoms with van der Waals surface area (Å²) >= 11 is 0. The van der Waals surface area contributed by atoms with E-state index < -0.39 is 6.03 Å². The van der Waals surface area contributed by atoms with Gasteiger partial charge in [0.2, 0.25) is 5.91 Å². The molecule has 0 bridgehead atoms. The number of hydrogen-bond donors (Lipinski definition) is 3. The summed E-state index contributed by atoms with van der Waals surface area (Å²) in [5, 5.41) is 7.92. The minimum Gasteiger partial charge on any atom is -0.377 e. The average Bonchev–Trinajstić information content (AvgIpc) is 2.66. The molecular formula is C20H21N3O3. The molecule has 2 aromatic carbocycles. The van der Waals surface area contributed by atoms with Crippen LogP contribution in [0.15, 0.2) is 48.5 Å². The number of anilines is 2. The minimum atomic E-state index is -0.471. The fourth-order valence-electron chi connectivity index (χ4n) is 2.20. The lowest BCUT2D eigenvalue weighted by molar-refractivity contribution is -0.115. The Morgan fingerprint density at radius 2 is 1.92 bits per heavy atom. The Balaban J connectivity index is 1.85. The van der Waals surface area contributed by atoms with Gasteiger partial charge in [0.15, 0.2) is 0 Å². The summed E-state index contributed by atoms with van der Waals surface area (Å²) in [6.07, 6.45) is 5.33. The number of ether oxygens (including phenoxy) is 1. The molecule has 0 unspecified atom stereocenters. The predicted molar refractivity (Wildman–Crippen MR) is 102 cm³/mol. The summed E-state index contributed by atoms with van der Waals surface area (Å²) in [6, 6.07) is 13.8. The summed E-state index contributed by atoms with van der Waals surface area (Å²) in [6.45, 7) is 2.72. The van der Waals surface area contributed by atoms with E-state index in [1.807, 2.05) is 25.1 Å². The standard InChI is InChI=1S/C20H21N3O3/c1-3-15-8-7-10-17(12-15)22-19(24)13-21-20(25)23-18-11-6-5-9-16(18)14-26-4-2/h1,5-12H,4,13-14H2,2H3,(H,22,24)(H2,21,23,25). The van der Waals surface area contributed by atoms with Crippen LogP contribution in [-0.2, 0) is 16.1 Å². The van der Waals surface area contributed by atoms with Gasteiger partial charge in [0, 0.05) is 29.1 Å². The first-order valence-corrected chi connectivity index (χ1v) is 8.19.